The van der Waals surface area contributed by atoms with Gasteiger partial charge in [-0.2, -0.15) is 0 Å². The van der Waals surface area contributed by atoms with Crippen molar-refractivity contribution in [2.24, 2.45) is 5.92 Å². The highest BCUT2D eigenvalue weighted by molar-refractivity contribution is 5.97. The molecule has 0 spiro atoms. The molecule has 34 heavy (non-hydrogen) atoms. The molecule has 0 fully saturated rings. The first-order chi connectivity index (χ1) is 16.2. The van der Waals surface area contributed by atoms with E-state index in [0.717, 1.165) is 5.56 Å². The number of urea groups is 1. The standard InChI is InChI=1S/C24H33N5O5/c1-7-8-18-9-19-22(25-10-18)33-20(14(2)11-29(23(19)31)15(3)13-30)12-28(6)24(32)26-21-16(4)27-34-17(21)5/h7-10,14-15,20,30H,11-13H2,1-6H3,(H,26,32)/b8-7+/t14-,15+,20+/m1/s1. The number of ether oxygens (including phenoxy) is 1. The van der Waals surface area contributed by atoms with Crippen molar-refractivity contribution >= 4 is 23.7 Å². The first kappa shape index (κ1) is 25.2. The normalized spacial score (nSPS) is 19.3. The van der Waals surface area contributed by atoms with Crippen molar-refractivity contribution in [3.05, 3.63) is 40.9 Å². The van der Waals surface area contributed by atoms with Crippen LogP contribution in [-0.2, 0) is 0 Å². The lowest BCUT2D eigenvalue weighted by atomic mass is 10.00. The predicted octanol–water partition coefficient (Wildman–Crippen LogP) is 3.10. The maximum Gasteiger partial charge on any atom is 0.321 e. The third-order valence-electron chi connectivity index (χ3n) is 5.97. The van der Waals surface area contributed by atoms with Gasteiger partial charge in [0.2, 0.25) is 5.88 Å². The Morgan fingerprint density at radius 2 is 2.18 bits per heavy atom. The van der Waals surface area contributed by atoms with Crippen molar-refractivity contribution < 1.29 is 24.0 Å². The molecule has 0 aromatic carbocycles. The molecule has 3 heterocycles. The molecular formula is C24H33N5O5. The summed E-state index contributed by atoms with van der Waals surface area (Å²) >= 11 is 0. The van der Waals surface area contributed by atoms with Gasteiger partial charge in [-0.1, -0.05) is 24.2 Å². The number of nitrogens with zero attached hydrogens (tertiary/aromatic N) is 4. The zero-order valence-electron chi connectivity index (χ0n) is 20.5. The average Bonchev–Trinajstić information content (AvgIpc) is 3.13. The molecule has 1 aliphatic rings. The molecule has 3 rings (SSSR count). The number of carbonyl (C=O) groups is 2. The van der Waals surface area contributed by atoms with E-state index in [1.54, 1.807) is 45.0 Å². The molecule has 3 amide bonds. The number of aliphatic hydroxyl groups excluding tert-OH is 1. The molecule has 10 heteroatoms. The maximum absolute atomic E-state index is 13.4. The minimum Gasteiger partial charge on any atom is -0.472 e. The number of likely N-dealkylation sites (N-methyl/N-ethyl adjacent to an activating group) is 1. The van der Waals surface area contributed by atoms with Gasteiger partial charge >= 0.3 is 6.03 Å². The molecule has 2 aromatic rings. The Balaban J connectivity index is 1.88. The van der Waals surface area contributed by atoms with Gasteiger partial charge in [-0.05, 0) is 39.3 Å². The van der Waals surface area contributed by atoms with E-state index in [2.05, 4.69) is 15.5 Å². The lowest BCUT2D eigenvalue weighted by Gasteiger charge is -2.37. The van der Waals surface area contributed by atoms with Crippen LogP contribution >= 0.6 is 0 Å². The molecule has 0 radical (unpaired) electrons. The van der Waals surface area contributed by atoms with Gasteiger partial charge in [0.15, 0.2) is 5.76 Å². The van der Waals surface area contributed by atoms with Gasteiger partial charge in [0.05, 0.1) is 19.2 Å². The van der Waals surface area contributed by atoms with Gasteiger partial charge in [-0.15, -0.1) is 0 Å². The molecule has 3 atom stereocenters. The van der Waals surface area contributed by atoms with Crippen LogP contribution in [0.4, 0.5) is 10.5 Å². The summed E-state index contributed by atoms with van der Waals surface area (Å²) in [6, 6.07) is 1.02. The minimum atomic E-state index is -0.444. The Labute approximate surface area is 199 Å². The van der Waals surface area contributed by atoms with Gasteiger partial charge in [0, 0.05) is 25.7 Å². The average molecular weight is 472 g/mol. The minimum absolute atomic E-state index is 0.141. The summed E-state index contributed by atoms with van der Waals surface area (Å²) in [7, 11) is 1.67. The SMILES string of the molecule is C/C=C/c1cnc2c(c1)C(=O)N([C@@H](C)CO)C[C@@H](C)[C@H](CN(C)C(=O)Nc1c(C)noc1C)O2. The van der Waals surface area contributed by atoms with Crippen LogP contribution < -0.4 is 10.1 Å². The summed E-state index contributed by atoms with van der Waals surface area (Å²) in [6.07, 6.45) is 4.92. The predicted molar refractivity (Wildman–Crippen MR) is 128 cm³/mol. The highest BCUT2D eigenvalue weighted by Crippen LogP contribution is 2.28. The number of amides is 3. The van der Waals surface area contributed by atoms with Crippen LogP contribution in [0.25, 0.3) is 6.08 Å². The number of fused-ring (bicyclic) bond motifs is 1. The van der Waals surface area contributed by atoms with Crippen LogP contribution in [0.15, 0.2) is 22.9 Å². The van der Waals surface area contributed by atoms with Crippen molar-refractivity contribution in [2.75, 3.05) is 32.1 Å². The van der Waals surface area contributed by atoms with E-state index in [0.29, 0.717) is 29.2 Å². The lowest BCUT2D eigenvalue weighted by molar-refractivity contribution is 0.0356. The number of carbonyl (C=O) groups excluding carboxylic acids is 2. The molecule has 0 unspecified atom stereocenters. The van der Waals surface area contributed by atoms with E-state index < -0.39 is 6.10 Å². The van der Waals surface area contributed by atoms with Gasteiger partial charge in [0.25, 0.3) is 5.91 Å². The van der Waals surface area contributed by atoms with Crippen molar-refractivity contribution in [3.8, 4) is 5.88 Å². The summed E-state index contributed by atoms with van der Waals surface area (Å²) in [6.45, 7) is 9.57. The summed E-state index contributed by atoms with van der Waals surface area (Å²) in [5, 5.41) is 16.5. The number of nitrogens with one attached hydrogen (secondary N) is 1. The van der Waals surface area contributed by atoms with Crippen molar-refractivity contribution in [1.82, 2.24) is 19.9 Å². The first-order valence-electron chi connectivity index (χ1n) is 11.3. The van der Waals surface area contributed by atoms with Gasteiger partial charge in [-0.25, -0.2) is 9.78 Å². The van der Waals surface area contributed by atoms with Crippen LogP contribution in [0.1, 0.15) is 48.1 Å². The first-order valence-corrected chi connectivity index (χ1v) is 11.3. The molecule has 10 nitrogen and oxygen atoms in total. The van der Waals surface area contributed by atoms with Gasteiger partial charge in [0.1, 0.15) is 23.0 Å². The molecule has 0 aliphatic carbocycles. The second-order valence-electron chi connectivity index (χ2n) is 8.75. The Morgan fingerprint density at radius 1 is 1.44 bits per heavy atom. The Morgan fingerprint density at radius 3 is 2.79 bits per heavy atom. The van der Waals surface area contributed by atoms with Crippen LogP contribution in [0.2, 0.25) is 0 Å². The molecular weight excluding hydrogens is 438 g/mol. The van der Waals surface area contributed by atoms with E-state index in [-0.39, 0.29) is 42.9 Å². The van der Waals surface area contributed by atoms with Crippen LogP contribution in [-0.4, -0.2) is 75.9 Å². The lowest BCUT2D eigenvalue weighted by Crippen LogP contribution is -2.50. The molecule has 2 aromatic heterocycles. The number of aromatic nitrogens is 2. The van der Waals surface area contributed by atoms with Crippen LogP contribution in [0.3, 0.4) is 0 Å². The summed E-state index contributed by atoms with van der Waals surface area (Å²) in [5.41, 5.74) is 2.24. The van der Waals surface area contributed by atoms with Gasteiger partial charge < -0.3 is 29.5 Å². The number of anilines is 1. The fourth-order valence-corrected chi connectivity index (χ4v) is 3.84. The number of aliphatic hydroxyl groups is 1. The van der Waals surface area contributed by atoms with E-state index >= 15 is 0 Å². The Kier molecular flexibility index (Phi) is 7.93. The largest absolute Gasteiger partial charge is 0.472 e. The molecule has 0 saturated carbocycles. The Hall–Kier alpha value is -3.40. The summed E-state index contributed by atoms with van der Waals surface area (Å²) < 4.78 is 11.3. The fraction of sp³-hybridized carbons (Fsp3) is 0.500. The van der Waals surface area contributed by atoms with E-state index in [4.69, 9.17) is 9.26 Å². The van der Waals surface area contributed by atoms with Crippen molar-refractivity contribution in [1.29, 1.82) is 0 Å². The van der Waals surface area contributed by atoms with Gasteiger partial charge in [-0.3, -0.25) is 4.79 Å². The fourth-order valence-electron chi connectivity index (χ4n) is 3.84. The second-order valence-corrected chi connectivity index (χ2v) is 8.75. The summed E-state index contributed by atoms with van der Waals surface area (Å²) in [5.74, 6) is 0.351. The van der Waals surface area contributed by atoms with Crippen LogP contribution in [0.5, 0.6) is 5.88 Å². The highest BCUT2D eigenvalue weighted by Gasteiger charge is 2.34. The molecule has 0 saturated heterocycles. The highest BCUT2D eigenvalue weighted by atomic mass is 16.5. The molecule has 0 bridgehead atoms. The summed E-state index contributed by atoms with van der Waals surface area (Å²) in [4.78, 5) is 33.8. The quantitative estimate of drug-likeness (QED) is 0.664. The third kappa shape index (κ3) is 5.39. The Bertz CT molecular complexity index is 1050. The molecule has 184 valence electrons. The second kappa shape index (κ2) is 10.7. The third-order valence-corrected chi connectivity index (χ3v) is 5.97. The van der Waals surface area contributed by atoms with E-state index in [1.165, 1.54) is 4.90 Å². The zero-order valence-corrected chi connectivity index (χ0v) is 20.5. The monoisotopic (exact) mass is 471 g/mol. The van der Waals surface area contributed by atoms with E-state index in [1.807, 2.05) is 26.0 Å². The number of allylic oxidation sites excluding steroid dienone is 1. The number of pyridine rings is 1. The number of rotatable bonds is 6. The van der Waals surface area contributed by atoms with Crippen molar-refractivity contribution in [3.63, 3.8) is 0 Å². The van der Waals surface area contributed by atoms with Crippen LogP contribution in [0, 0.1) is 19.8 Å². The zero-order chi connectivity index (χ0) is 25.0. The smallest absolute Gasteiger partial charge is 0.321 e. The topological polar surface area (TPSA) is 121 Å². The molecule has 2 N–H and O–H groups in total. The van der Waals surface area contributed by atoms with E-state index in [9.17, 15) is 14.7 Å². The number of hydrogen-bond acceptors (Lipinski definition) is 7. The molecule has 1 aliphatic heterocycles. The maximum atomic E-state index is 13.4. The van der Waals surface area contributed by atoms with Crippen molar-refractivity contribution in [2.45, 2.75) is 46.8 Å². The number of hydrogen-bond donors (Lipinski definition) is 2. The number of aryl methyl sites for hydroxylation is 2.